The molecule has 2 aliphatic rings. The van der Waals surface area contributed by atoms with E-state index < -0.39 is 47.0 Å². The summed E-state index contributed by atoms with van der Waals surface area (Å²) < 4.78 is 49.2. The quantitative estimate of drug-likeness (QED) is 0.661. The molecule has 0 aromatic heterocycles. The van der Waals surface area contributed by atoms with E-state index in [9.17, 15) is 28.0 Å². The Morgan fingerprint density at radius 2 is 1.88 bits per heavy atom. The molecule has 2 fully saturated rings. The smallest absolute Gasteiger partial charge is 0.255 e. The molecule has 0 bridgehead atoms. The van der Waals surface area contributed by atoms with Crippen molar-refractivity contribution in [1.82, 2.24) is 9.80 Å². The van der Waals surface area contributed by atoms with Crippen LogP contribution in [0.2, 0.25) is 0 Å². The Kier molecular flexibility index (Phi) is 6.51. The minimum Gasteiger partial charge on any atom is -0.483 e. The van der Waals surface area contributed by atoms with Gasteiger partial charge in [0, 0.05) is 18.5 Å². The van der Waals surface area contributed by atoms with Gasteiger partial charge in [-0.25, -0.2) is 13.2 Å². The van der Waals surface area contributed by atoms with E-state index in [1.165, 1.54) is 11.8 Å². The summed E-state index contributed by atoms with van der Waals surface area (Å²) in [5.74, 6) is -4.18. The second-order valence-electron chi connectivity index (χ2n) is 8.82. The van der Waals surface area contributed by atoms with Gasteiger partial charge in [0.05, 0.1) is 12.6 Å². The minimum absolute atomic E-state index is 0.0693. The van der Waals surface area contributed by atoms with Gasteiger partial charge >= 0.3 is 0 Å². The Labute approximate surface area is 195 Å². The molecule has 34 heavy (non-hydrogen) atoms. The molecule has 0 radical (unpaired) electrons. The zero-order chi connectivity index (χ0) is 24.5. The highest BCUT2D eigenvalue weighted by Crippen LogP contribution is 2.36. The van der Waals surface area contributed by atoms with Crippen molar-refractivity contribution in [1.29, 1.82) is 5.26 Å². The lowest BCUT2D eigenvalue weighted by Crippen LogP contribution is -2.57. The molecular weight excluding hydrogens is 447 g/mol. The maximum Gasteiger partial charge on any atom is 0.255 e. The van der Waals surface area contributed by atoms with Gasteiger partial charge in [-0.3, -0.25) is 9.59 Å². The summed E-state index contributed by atoms with van der Waals surface area (Å²) in [6.07, 6.45) is -0.598. The van der Waals surface area contributed by atoms with Crippen molar-refractivity contribution in [3.8, 4) is 11.8 Å². The van der Waals surface area contributed by atoms with Gasteiger partial charge < -0.3 is 14.5 Å². The number of hydrogen-bond acceptors (Lipinski definition) is 4. The Hall–Kier alpha value is -3.54. The number of carbonyl (C=O) groups is 2. The van der Waals surface area contributed by atoms with Gasteiger partial charge in [0.25, 0.3) is 5.91 Å². The molecule has 178 valence electrons. The average Bonchev–Trinajstić information content (AvgIpc) is 3.42. The van der Waals surface area contributed by atoms with Crippen molar-refractivity contribution in [2.45, 2.75) is 50.5 Å². The Bertz CT molecular complexity index is 1110. The molecule has 2 aromatic rings. The van der Waals surface area contributed by atoms with E-state index in [1.54, 1.807) is 30.3 Å². The first-order valence-electron chi connectivity index (χ1n) is 11.1. The van der Waals surface area contributed by atoms with E-state index in [4.69, 9.17) is 4.74 Å². The number of benzene rings is 2. The Morgan fingerprint density at radius 3 is 2.53 bits per heavy atom. The SMILES string of the molecule is C[C@@]1(C(=O)N2CCCC2C#N)CC(F)CN1C(=O)c1cc(F)c(OCc2ccccc2)c(F)c1. The third-order valence-corrected chi connectivity index (χ3v) is 6.44. The number of amides is 2. The van der Waals surface area contributed by atoms with Gasteiger partial charge in [0.1, 0.15) is 24.4 Å². The second-order valence-corrected chi connectivity index (χ2v) is 8.82. The van der Waals surface area contributed by atoms with Crippen molar-refractivity contribution in [3.63, 3.8) is 0 Å². The van der Waals surface area contributed by atoms with Crippen molar-refractivity contribution >= 4 is 11.8 Å². The summed E-state index contributed by atoms with van der Waals surface area (Å²) in [5.41, 5.74) is -1.21. The summed E-state index contributed by atoms with van der Waals surface area (Å²) in [5, 5.41) is 9.33. The molecule has 9 heteroatoms. The van der Waals surface area contributed by atoms with E-state index >= 15 is 0 Å². The first-order valence-corrected chi connectivity index (χ1v) is 11.1. The summed E-state index contributed by atoms with van der Waals surface area (Å²) in [4.78, 5) is 28.9. The van der Waals surface area contributed by atoms with E-state index in [0.29, 0.717) is 24.9 Å². The first kappa shape index (κ1) is 23.6. The highest BCUT2D eigenvalue weighted by atomic mass is 19.1. The van der Waals surface area contributed by atoms with Crippen LogP contribution in [0.5, 0.6) is 5.75 Å². The molecule has 0 saturated carbocycles. The number of halogens is 3. The van der Waals surface area contributed by atoms with Gasteiger partial charge in [-0.15, -0.1) is 0 Å². The highest BCUT2D eigenvalue weighted by Gasteiger charge is 2.53. The van der Waals surface area contributed by atoms with Gasteiger partial charge in [0.2, 0.25) is 5.91 Å². The summed E-state index contributed by atoms with van der Waals surface area (Å²) in [6, 6.07) is 11.9. The number of nitriles is 1. The number of alkyl halides is 1. The van der Waals surface area contributed by atoms with Gasteiger partial charge in [-0.2, -0.15) is 5.26 Å². The number of rotatable bonds is 5. The molecule has 2 unspecified atom stereocenters. The van der Waals surface area contributed by atoms with Crippen molar-refractivity contribution in [2.24, 2.45) is 0 Å². The van der Waals surface area contributed by atoms with Crippen LogP contribution in [-0.2, 0) is 11.4 Å². The zero-order valence-electron chi connectivity index (χ0n) is 18.6. The topological polar surface area (TPSA) is 73.6 Å². The van der Waals surface area contributed by atoms with Gasteiger partial charge in [-0.1, -0.05) is 30.3 Å². The molecule has 2 saturated heterocycles. The monoisotopic (exact) mass is 471 g/mol. The largest absolute Gasteiger partial charge is 0.483 e. The number of nitrogens with zero attached hydrogens (tertiary/aromatic N) is 3. The standard InChI is InChI=1S/C25H24F3N3O3/c1-25(24(33)30-9-5-8-19(30)13-29)12-18(26)14-31(25)23(32)17-10-20(27)22(21(28)11-17)34-15-16-6-3-2-4-7-16/h2-4,6-7,10-11,18-19H,5,8-9,12,14-15H2,1H3/t18?,19?,25-/m0/s1. The summed E-state index contributed by atoms with van der Waals surface area (Å²) >= 11 is 0. The van der Waals surface area contributed by atoms with E-state index in [0.717, 1.165) is 17.0 Å². The number of likely N-dealkylation sites (tertiary alicyclic amines) is 2. The molecule has 3 atom stereocenters. The first-order chi connectivity index (χ1) is 16.2. The molecule has 0 aliphatic carbocycles. The molecule has 2 heterocycles. The average molecular weight is 471 g/mol. The molecule has 6 nitrogen and oxygen atoms in total. The van der Waals surface area contributed by atoms with Crippen LogP contribution in [0.4, 0.5) is 13.2 Å². The van der Waals surface area contributed by atoms with Crippen LogP contribution in [0.3, 0.4) is 0 Å². The van der Waals surface area contributed by atoms with E-state index in [-0.39, 0.29) is 25.1 Å². The molecule has 2 amide bonds. The zero-order valence-corrected chi connectivity index (χ0v) is 18.6. The summed E-state index contributed by atoms with van der Waals surface area (Å²) in [7, 11) is 0. The van der Waals surface area contributed by atoms with Crippen LogP contribution in [-0.4, -0.2) is 52.5 Å². The maximum atomic E-state index is 14.7. The molecule has 2 aromatic carbocycles. The van der Waals surface area contributed by atoms with Crippen molar-refractivity contribution in [3.05, 3.63) is 65.2 Å². The number of ether oxygens (including phenoxy) is 1. The number of hydrogen-bond donors (Lipinski definition) is 0. The lowest BCUT2D eigenvalue weighted by molar-refractivity contribution is -0.140. The fraction of sp³-hybridized carbons (Fsp3) is 0.400. The van der Waals surface area contributed by atoms with Crippen LogP contribution in [0.25, 0.3) is 0 Å². The second kappa shape index (κ2) is 9.37. The van der Waals surface area contributed by atoms with Crippen LogP contribution < -0.4 is 4.74 Å². The lowest BCUT2D eigenvalue weighted by Gasteiger charge is -2.37. The maximum absolute atomic E-state index is 14.7. The Morgan fingerprint density at radius 1 is 1.21 bits per heavy atom. The van der Waals surface area contributed by atoms with Crippen LogP contribution in [0.15, 0.2) is 42.5 Å². The number of carbonyl (C=O) groups excluding carboxylic acids is 2. The molecular formula is C25H24F3N3O3. The third-order valence-electron chi connectivity index (χ3n) is 6.44. The normalized spacial score (nSPS) is 24.2. The third kappa shape index (κ3) is 4.32. The van der Waals surface area contributed by atoms with Crippen LogP contribution in [0, 0.1) is 23.0 Å². The van der Waals surface area contributed by atoms with Crippen molar-refractivity contribution < 1.29 is 27.5 Å². The van der Waals surface area contributed by atoms with E-state index in [2.05, 4.69) is 6.07 Å². The molecule has 0 N–H and O–H groups in total. The lowest BCUT2D eigenvalue weighted by atomic mass is 9.95. The fourth-order valence-corrected chi connectivity index (χ4v) is 4.68. The Balaban J connectivity index is 1.57. The molecule has 4 rings (SSSR count). The van der Waals surface area contributed by atoms with E-state index in [1.807, 2.05) is 0 Å². The highest BCUT2D eigenvalue weighted by molar-refractivity contribution is 6.00. The van der Waals surface area contributed by atoms with Gasteiger partial charge in [-0.05, 0) is 37.5 Å². The predicted molar refractivity (Wildman–Crippen MR) is 116 cm³/mol. The van der Waals surface area contributed by atoms with Gasteiger partial charge in [0.15, 0.2) is 17.4 Å². The minimum atomic E-state index is -1.56. The van der Waals surface area contributed by atoms with Crippen molar-refractivity contribution in [2.75, 3.05) is 13.1 Å². The summed E-state index contributed by atoms with van der Waals surface area (Å²) in [6.45, 7) is 1.31. The predicted octanol–water partition coefficient (Wildman–Crippen LogP) is 4.00. The molecule has 0 spiro atoms. The molecule has 2 aliphatic heterocycles. The van der Waals surface area contributed by atoms with Crippen LogP contribution in [0.1, 0.15) is 42.1 Å². The van der Waals surface area contributed by atoms with Crippen LogP contribution >= 0.6 is 0 Å². The fourth-order valence-electron chi connectivity index (χ4n) is 4.68.